The number of hydrogen-bond acceptors (Lipinski definition) is 3. The number of rotatable bonds is 7. The van der Waals surface area contributed by atoms with Crippen LogP contribution in [-0.4, -0.2) is 19.3 Å². The summed E-state index contributed by atoms with van der Waals surface area (Å²) >= 11 is 0. The van der Waals surface area contributed by atoms with Crippen LogP contribution in [0, 0.1) is 0 Å². The van der Waals surface area contributed by atoms with E-state index < -0.39 is 6.10 Å². The van der Waals surface area contributed by atoms with Gasteiger partial charge in [0.25, 0.3) is 0 Å². The van der Waals surface area contributed by atoms with Crippen LogP contribution < -0.4 is 9.47 Å². The van der Waals surface area contributed by atoms with E-state index in [1.54, 1.807) is 14.2 Å². The lowest BCUT2D eigenvalue weighted by Gasteiger charge is -2.14. The molecule has 0 bridgehead atoms. The van der Waals surface area contributed by atoms with E-state index in [-0.39, 0.29) is 0 Å². The number of methoxy groups -OCH3 is 2. The summed E-state index contributed by atoms with van der Waals surface area (Å²) in [6.07, 6.45) is 2.17. The zero-order valence-electron chi connectivity index (χ0n) is 12.6. The molecule has 0 amide bonds. The summed E-state index contributed by atoms with van der Waals surface area (Å²) in [5.41, 5.74) is 2.16. The van der Waals surface area contributed by atoms with Gasteiger partial charge in [-0.05, 0) is 42.5 Å². The molecule has 0 heterocycles. The summed E-state index contributed by atoms with van der Waals surface area (Å²) in [5.74, 6) is 1.33. The highest BCUT2D eigenvalue weighted by molar-refractivity contribution is 5.43. The van der Waals surface area contributed by atoms with Crippen molar-refractivity contribution in [3.63, 3.8) is 0 Å². The molecule has 0 radical (unpaired) electrons. The van der Waals surface area contributed by atoms with Crippen LogP contribution in [0.25, 0.3) is 0 Å². The van der Waals surface area contributed by atoms with E-state index >= 15 is 0 Å². The number of benzene rings is 2. The molecule has 112 valence electrons. The van der Waals surface area contributed by atoms with Crippen molar-refractivity contribution < 1.29 is 14.6 Å². The summed E-state index contributed by atoms with van der Waals surface area (Å²) in [7, 11) is 3.21. The van der Waals surface area contributed by atoms with Crippen LogP contribution in [-0.2, 0) is 6.42 Å². The maximum Gasteiger partial charge on any atom is 0.161 e. The summed E-state index contributed by atoms with van der Waals surface area (Å²) in [6.45, 7) is 0. The van der Waals surface area contributed by atoms with Gasteiger partial charge in [-0.1, -0.05) is 36.4 Å². The van der Waals surface area contributed by atoms with Gasteiger partial charge in [0.2, 0.25) is 0 Å². The lowest BCUT2D eigenvalue weighted by molar-refractivity contribution is 0.164. The molecule has 0 saturated carbocycles. The maximum absolute atomic E-state index is 10.3. The molecule has 0 spiro atoms. The van der Waals surface area contributed by atoms with Gasteiger partial charge in [-0.15, -0.1) is 0 Å². The van der Waals surface area contributed by atoms with Gasteiger partial charge >= 0.3 is 0 Å². The van der Waals surface area contributed by atoms with Crippen LogP contribution in [0.4, 0.5) is 0 Å². The minimum absolute atomic E-state index is 0.478. The van der Waals surface area contributed by atoms with Crippen molar-refractivity contribution in [3.8, 4) is 11.5 Å². The highest BCUT2D eigenvalue weighted by atomic mass is 16.5. The summed E-state index contributed by atoms with van der Waals surface area (Å²) in [4.78, 5) is 0. The van der Waals surface area contributed by atoms with E-state index in [4.69, 9.17) is 9.47 Å². The van der Waals surface area contributed by atoms with E-state index in [1.807, 2.05) is 36.4 Å². The second-order valence-electron chi connectivity index (χ2n) is 5.01. The second-order valence-corrected chi connectivity index (χ2v) is 5.01. The molecule has 0 aliphatic carbocycles. The normalized spacial score (nSPS) is 12.0. The summed E-state index contributed by atoms with van der Waals surface area (Å²) in [5, 5.41) is 10.3. The second kappa shape index (κ2) is 7.70. The number of aliphatic hydroxyl groups excluding tert-OH is 1. The molecule has 0 aliphatic rings. The van der Waals surface area contributed by atoms with E-state index in [0.29, 0.717) is 11.5 Å². The third-order valence-electron chi connectivity index (χ3n) is 3.58. The average Bonchev–Trinajstić information content (AvgIpc) is 2.55. The zero-order chi connectivity index (χ0) is 15.1. The number of ether oxygens (including phenoxy) is 2. The highest BCUT2D eigenvalue weighted by Gasteiger charge is 2.11. The Morgan fingerprint density at radius 2 is 1.67 bits per heavy atom. The fourth-order valence-electron chi connectivity index (χ4n) is 2.37. The first-order chi connectivity index (χ1) is 10.2. The molecule has 3 nitrogen and oxygen atoms in total. The molecule has 1 atom stereocenters. The molecule has 2 rings (SSSR count). The van der Waals surface area contributed by atoms with Gasteiger partial charge in [0.05, 0.1) is 20.3 Å². The van der Waals surface area contributed by atoms with Crippen molar-refractivity contribution in [2.24, 2.45) is 0 Å². The van der Waals surface area contributed by atoms with E-state index in [9.17, 15) is 5.11 Å². The van der Waals surface area contributed by atoms with Gasteiger partial charge in [0.15, 0.2) is 11.5 Å². The summed E-state index contributed by atoms with van der Waals surface area (Å²) in [6, 6.07) is 15.9. The van der Waals surface area contributed by atoms with Crippen molar-refractivity contribution in [1.29, 1.82) is 0 Å². The van der Waals surface area contributed by atoms with Crippen LogP contribution in [0.1, 0.15) is 30.1 Å². The van der Waals surface area contributed by atoms with Gasteiger partial charge in [-0.2, -0.15) is 0 Å². The predicted octanol–water partition coefficient (Wildman–Crippen LogP) is 3.76. The van der Waals surface area contributed by atoms with Crippen LogP contribution in [0.5, 0.6) is 11.5 Å². The van der Waals surface area contributed by atoms with Crippen molar-refractivity contribution in [1.82, 2.24) is 0 Å². The Morgan fingerprint density at radius 3 is 2.33 bits per heavy atom. The van der Waals surface area contributed by atoms with Crippen LogP contribution in [0.3, 0.4) is 0 Å². The van der Waals surface area contributed by atoms with Gasteiger partial charge in [0.1, 0.15) is 0 Å². The first kappa shape index (κ1) is 15.4. The predicted molar refractivity (Wildman–Crippen MR) is 83.9 cm³/mol. The highest BCUT2D eigenvalue weighted by Crippen LogP contribution is 2.31. The molecule has 1 unspecified atom stereocenters. The van der Waals surface area contributed by atoms with Crippen molar-refractivity contribution in [2.45, 2.75) is 25.4 Å². The third kappa shape index (κ3) is 4.23. The Kier molecular flexibility index (Phi) is 5.64. The Morgan fingerprint density at radius 1 is 0.952 bits per heavy atom. The molecule has 0 aliphatic heterocycles. The van der Waals surface area contributed by atoms with Gasteiger partial charge in [-0.25, -0.2) is 0 Å². The molecular weight excluding hydrogens is 264 g/mol. The van der Waals surface area contributed by atoms with Crippen LogP contribution >= 0.6 is 0 Å². The molecular formula is C18H22O3. The number of hydrogen-bond donors (Lipinski definition) is 1. The average molecular weight is 286 g/mol. The van der Waals surface area contributed by atoms with Gasteiger partial charge in [-0.3, -0.25) is 0 Å². The topological polar surface area (TPSA) is 38.7 Å². The zero-order valence-corrected chi connectivity index (χ0v) is 12.6. The summed E-state index contributed by atoms with van der Waals surface area (Å²) < 4.78 is 10.5. The minimum Gasteiger partial charge on any atom is -0.493 e. The van der Waals surface area contributed by atoms with E-state index in [2.05, 4.69) is 12.1 Å². The molecule has 3 heteroatoms. The fourth-order valence-corrected chi connectivity index (χ4v) is 2.37. The molecule has 0 fully saturated rings. The SMILES string of the molecule is COc1ccc(C(O)CCCc2ccccc2)cc1OC. The van der Waals surface area contributed by atoms with Crippen LogP contribution in [0.2, 0.25) is 0 Å². The Bertz CT molecular complexity index is 552. The third-order valence-corrected chi connectivity index (χ3v) is 3.58. The molecule has 2 aromatic carbocycles. The van der Waals surface area contributed by atoms with Gasteiger partial charge < -0.3 is 14.6 Å². The molecule has 0 aromatic heterocycles. The lowest BCUT2D eigenvalue weighted by atomic mass is 10.0. The smallest absolute Gasteiger partial charge is 0.161 e. The monoisotopic (exact) mass is 286 g/mol. The first-order valence-corrected chi connectivity index (χ1v) is 7.18. The largest absolute Gasteiger partial charge is 0.493 e. The standard InChI is InChI=1S/C18H22O3/c1-20-17-12-11-15(13-18(17)21-2)16(19)10-6-9-14-7-4-3-5-8-14/h3-5,7-8,11-13,16,19H,6,9-10H2,1-2H3. The van der Waals surface area contributed by atoms with E-state index in [0.717, 1.165) is 24.8 Å². The number of aryl methyl sites for hydroxylation is 1. The maximum atomic E-state index is 10.3. The molecule has 21 heavy (non-hydrogen) atoms. The number of aliphatic hydroxyl groups is 1. The lowest BCUT2D eigenvalue weighted by Crippen LogP contribution is -2.00. The Balaban J connectivity index is 1.92. The molecule has 0 saturated heterocycles. The molecule has 2 aromatic rings. The molecule has 1 N–H and O–H groups in total. The van der Waals surface area contributed by atoms with Crippen molar-refractivity contribution >= 4 is 0 Å². The fraction of sp³-hybridized carbons (Fsp3) is 0.333. The van der Waals surface area contributed by atoms with Crippen LogP contribution in [0.15, 0.2) is 48.5 Å². The first-order valence-electron chi connectivity index (χ1n) is 7.18. The quantitative estimate of drug-likeness (QED) is 0.842. The van der Waals surface area contributed by atoms with E-state index in [1.165, 1.54) is 5.56 Å². The Labute approximate surface area is 126 Å². The van der Waals surface area contributed by atoms with Crippen molar-refractivity contribution in [3.05, 3.63) is 59.7 Å². The van der Waals surface area contributed by atoms with Gasteiger partial charge in [0, 0.05) is 0 Å². The minimum atomic E-state index is -0.478. The Hall–Kier alpha value is -2.00. The van der Waals surface area contributed by atoms with Crippen molar-refractivity contribution in [2.75, 3.05) is 14.2 Å².